The van der Waals surface area contributed by atoms with Crippen LogP contribution in [0, 0.1) is 0 Å². The number of nitrogens with one attached hydrogen (secondary N) is 1. The van der Waals surface area contributed by atoms with Crippen LogP contribution in [0.25, 0.3) is 0 Å². The number of anilines is 2. The van der Waals surface area contributed by atoms with Gasteiger partial charge in [0.05, 0.1) is 13.2 Å². The summed E-state index contributed by atoms with van der Waals surface area (Å²) in [6.45, 7) is 9.79. The molecule has 0 saturated carbocycles. The van der Waals surface area contributed by atoms with Crippen LogP contribution in [0.5, 0.6) is 6.01 Å². The van der Waals surface area contributed by atoms with Gasteiger partial charge < -0.3 is 19.7 Å². The summed E-state index contributed by atoms with van der Waals surface area (Å²) < 4.78 is 10.7. The van der Waals surface area contributed by atoms with Gasteiger partial charge >= 0.3 is 6.01 Å². The molecule has 1 heterocycles. The van der Waals surface area contributed by atoms with E-state index in [1.165, 1.54) is 0 Å². The van der Waals surface area contributed by atoms with Gasteiger partial charge in [0.1, 0.15) is 0 Å². The van der Waals surface area contributed by atoms with Gasteiger partial charge in [-0.15, -0.1) is 0 Å². The van der Waals surface area contributed by atoms with E-state index in [0.717, 1.165) is 32.5 Å². The fourth-order valence-corrected chi connectivity index (χ4v) is 1.66. The molecule has 120 valence electrons. The number of hydrogen-bond acceptors (Lipinski definition) is 7. The third-order valence-corrected chi connectivity index (χ3v) is 2.80. The summed E-state index contributed by atoms with van der Waals surface area (Å²) in [5.41, 5.74) is 0. The van der Waals surface area contributed by atoms with Crippen LogP contribution in [0.15, 0.2) is 0 Å². The quantitative estimate of drug-likeness (QED) is 0.669. The minimum absolute atomic E-state index is 0.372. The second-order valence-corrected chi connectivity index (χ2v) is 4.59. The highest BCUT2D eigenvalue weighted by Crippen LogP contribution is 2.15. The van der Waals surface area contributed by atoms with Gasteiger partial charge in [-0.25, -0.2) is 0 Å². The molecule has 0 aliphatic carbocycles. The molecule has 0 amide bonds. The van der Waals surface area contributed by atoms with E-state index in [-0.39, 0.29) is 0 Å². The highest BCUT2D eigenvalue weighted by atomic mass is 16.5. The Hall–Kier alpha value is -1.63. The highest BCUT2D eigenvalue weighted by Gasteiger charge is 2.12. The fraction of sp³-hybridized carbons (Fsp3) is 0.786. The lowest BCUT2D eigenvalue weighted by molar-refractivity contribution is 0.205. The lowest BCUT2D eigenvalue weighted by atomic mass is 10.5. The van der Waals surface area contributed by atoms with Crippen LogP contribution < -0.4 is 15.0 Å². The Bertz CT molecular complexity index is 377. The summed E-state index contributed by atoms with van der Waals surface area (Å²) >= 11 is 0. The molecule has 21 heavy (non-hydrogen) atoms. The van der Waals surface area contributed by atoms with Gasteiger partial charge in [0, 0.05) is 26.7 Å². The van der Waals surface area contributed by atoms with E-state index in [4.69, 9.17) is 9.47 Å². The van der Waals surface area contributed by atoms with E-state index in [9.17, 15) is 0 Å². The Morgan fingerprint density at radius 1 is 1.05 bits per heavy atom. The van der Waals surface area contributed by atoms with Crippen molar-refractivity contribution in [2.45, 2.75) is 33.6 Å². The second kappa shape index (κ2) is 10.1. The van der Waals surface area contributed by atoms with E-state index in [0.29, 0.717) is 31.1 Å². The summed E-state index contributed by atoms with van der Waals surface area (Å²) in [5, 5.41) is 3.19. The molecule has 0 aliphatic heterocycles. The van der Waals surface area contributed by atoms with Crippen molar-refractivity contribution >= 4 is 11.9 Å². The van der Waals surface area contributed by atoms with Crippen molar-refractivity contribution in [3.8, 4) is 6.01 Å². The molecule has 7 heteroatoms. The van der Waals surface area contributed by atoms with Crippen LogP contribution in [0.3, 0.4) is 0 Å². The first kappa shape index (κ1) is 17.4. The highest BCUT2D eigenvalue weighted by molar-refractivity contribution is 5.38. The van der Waals surface area contributed by atoms with Crippen LogP contribution in [0.1, 0.15) is 33.6 Å². The molecular weight excluding hydrogens is 270 g/mol. The fourth-order valence-electron chi connectivity index (χ4n) is 1.66. The molecule has 0 bridgehead atoms. The van der Waals surface area contributed by atoms with Crippen molar-refractivity contribution in [1.29, 1.82) is 0 Å². The van der Waals surface area contributed by atoms with Crippen molar-refractivity contribution in [3.05, 3.63) is 0 Å². The van der Waals surface area contributed by atoms with E-state index in [2.05, 4.69) is 41.0 Å². The maximum atomic E-state index is 5.56. The van der Waals surface area contributed by atoms with Crippen LogP contribution in [-0.4, -0.2) is 54.9 Å². The second-order valence-electron chi connectivity index (χ2n) is 4.59. The summed E-state index contributed by atoms with van der Waals surface area (Å²) in [4.78, 5) is 15.2. The first-order valence-corrected chi connectivity index (χ1v) is 7.61. The molecule has 0 aromatic carbocycles. The zero-order valence-corrected chi connectivity index (χ0v) is 13.6. The molecule has 1 aromatic rings. The monoisotopic (exact) mass is 297 g/mol. The van der Waals surface area contributed by atoms with Gasteiger partial charge in [0.15, 0.2) is 0 Å². The summed E-state index contributed by atoms with van der Waals surface area (Å²) in [6.07, 6.45) is 1.92. The Labute approximate surface area is 127 Å². The van der Waals surface area contributed by atoms with Crippen LogP contribution >= 0.6 is 0 Å². The first-order chi connectivity index (χ1) is 10.2. The van der Waals surface area contributed by atoms with Crippen molar-refractivity contribution in [1.82, 2.24) is 15.0 Å². The number of hydrogen-bond donors (Lipinski definition) is 1. The van der Waals surface area contributed by atoms with Crippen LogP contribution in [0.2, 0.25) is 0 Å². The van der Waals surface area contributed by atoms with Gasteiger partial charge in [-0.05, 0) is 19.8 Å². The topological polar surface area (TPSA) is 72.4 Å². The zero-order chi connectivity index (χ0) is 15.5. The van der Waals surface area contributed by atoms with Crippen molar-refractivity contribution in [3.63, 3.8) is 0 Å². The molecule has 0 atom stereocenters. The third kappa shape index (κ3) is 6.12. The molecule has 0 radical (unpaired) electrons. The predicted octanol–water partition coefficient (Wildman–Crippen LogP) is 1.95. The van der Waals surface area contributed by atoms with E-state index in [1.807, 2.05) is 4.90 Å². The molecule has 0 unspecified atom stereocenters. The molecule has 1 aromatic heterocycles. The summed E-state index contributed by atoms with van der Waals surface area (Å²) in [6, 6.07) is 0.372. The third-order valence-electron chi connectivity index (χ3n) is 2.80. The van der Waals surface area contributed by atoms with Crippen LogP contribution in [-0.2, 0) is 4.74 Å². The Balaban J connectivity index is 2.92. The average molecular weight is 297 g/mol. The molecule has 0 spiro atoms. The minimum Gasteiger partial charge on any atom is -0.463 e. The van der Waals surface area contributed by atoms with Crippen LogP contribution in [0.4, 0.5) is 11.9 Å². The minimum atomic E-state index is 0.372. The predicted molar refractivity (Wildman–Crippen MR) is 84.2 cm³/mol. The van der Waals surface area contributed by atoms with E-state index in [1.54, 1.807) is 7.11 Å². The maximum Gasteiger partial charge on any atom is 0.323 e. The molecule has 0 saturated heterocycles. The SMILES string of the molecule is CCCNc1nc(OCCC)nc(N(CC)CCOC)n1. The Morgan fingerprint density at radius 2 is 1.86 bits per heavy atom. The number of rotatable bonds is 11. The number of ether oxygens (including phenoxy) is 2. The van der Waals surface area contributed by atoms with Crippen molar-refractivity contribution in [2.24, 2.45) is 0 Å². The Morgan fingerprint density at radius 3 is 2.48 bits per heavy atom. The first-order valence-electron chi connectivity index (χ1n) is 7.61. The van der Waals surface area contributed by atoms with E-state index < -0.39 is 0 Å². The van der Waals surface area contributed by atoms with Gasteiger partial charge in [0.2, 0.25) is 11.9 Å². The Kier molecular flexibility index (Phi) is 8.42. The molecule has 7 nitrogen and oxygen atoms in total. The standard InChI is InChI=1S/C14H27N5O2/c1-5-8-15-12-16-13(19(7-3)9-11-20-4)18-14(17-12)21-10-6-2/h5-11H2,1-4H3,(H,15,16,17,18). The number of nitrogens with zero attached hydrogens (tertiary/aromatic N) is 4. The van der Waals surface area contributed by atoms with Gasteiger partial charge in [-0.2, -0.15) is 15.0 Å². The molecule has 1 N–H and O–H groups in total. The van der Waals surface area contributed by atoms with Gasteiger partial charge in [0.25, 0.3) is 0 Å². The van der Waals surface area contributed by atoms with E-state index >= 15 is 0 Å². The maximum absolute atomic E-state index is 5.56. The average Bonchev–Trinajstić information content (AvgIpc) is 2.51. The molecule has 0 aliphatic rings. The largest absolute Gasteiger partial charge is 0.463 e. The van der Waals surface area contributed by atoms with Gasteiger partial charge in [-0.3, -0.25) is 0 Å². The van der Waals surface area contributed by atoms with Crippen molar-refractivity contribution < 1.29 is 9.47 Å². The summed E-state index contributed by atoms with van der Waals surface area (Å²) in [5.74, 6) is 1.18. The van der Waals surface area contributed by atoms with Crippen molar-refractivity contribution in [2.75, 3.05) is 50.2 Å². The molecule has 0 fully saturated rings. The smallest absolute Gasteiger partial charge is 0.323 e. The molecular formula is C14H27N5O2. The number of likely N-dealkylation sites (N-methyl/N-ethyl adjacent to an activating group) is 1. The normalized spacial score (nSPS) is 10.5. The molecule has 1 rings (SSSR count). The summed E-state index contributed by atoms with van der Waals surface area (Å²) in [7, 11) is 1.69. The number of methoxy groups -OCH3 is 1. The lowest BCUT2D eigenvalue weighted by Crippen LogP contribution is -2.29. The van der Waals surface area contributed by atoms with Gasteiger partial charge in [-0.1, -0.05) is 13.8 Å². The zero-order valence-electron chi connectivity index (χ0n) is 13.6. The lowest BCUT2D eigenvalue weighted by Gasteiger charge is -2.21. The number of aromatic nitrogens is 3.